The second-order valence-electron chi connectivity index (χ2n) is 2.95. The van der Waals surface area contributed by atoms with Crippen molar-refractivity contribution in [2.75, 3.05) is 7.11 Å². The third-order valence-electron chi connectivity index (χ3n) is 1.80. The normalized spacial score (nSPS) is 11.2. The van der Waals surface area contributed by atoms with Gasteiger partial charge >= 0.3 is 12.1 Å². The zero-order valence-corrected chi connectivity index (χ0v) is 8.21. The average molecular weight is 235 g/mol. The van der Waals surface area contributed by atoms with Gasteiger partial charge in [-0.15, -0.1) is 0 Å². The van der Waals surface area contributed by atoms with Crippen LogP contribution in [0.4, 0.5) is 13.2 Å². The highest BCUT2D eigenvalue weighted by Crippen LogP contribution is 2.31. The Morgan fingerprint density at radius 1 is 1.56 bits per heavy atom. The van der Waals surface area contributed by atoms with Crippen LogP contribution in [0.5, 0.6) is 5.75 Å². The van der Waals surface area contributed by atoms with Crippen LogP contribution >= 0.6 is 0 Å². The van der Waals surface area contributed by atoms with Crippen LogP contribution in [0.2, 0.25) is 0 Å². The van der Waals surface area contributed by atoms with E-state index in [9.17, 15) is 18.0 Å². The first-order valence-corrected chi connectivity index (χ1v) is 4.16. The van der Waals surface area contributed by atoms with Gasteiger partial charge < -0.3 is 9.84 Å². The summed E-state index contributed by atoms with van der Waals surface area (Å²) in [7, 11) is 1.17. The summed E-state index contributed by atoms with van der Waals surface area (Å²) in [4.78, 5) is 13.6. The summed E-state index contributed by atoms with van der Waals surface area (Å²) < 4.78 is 41.5. The first-order valence-electron chi connectivity index (χ1n) is 4.16. The smallest absolute Gasteiger partial charge is 0.433 e. The molecule has 16 heavy (non-hydrogen) atoms. The van der Waals surface area contributed by atoms with Crippen molar-refractivity contribution >= 4 is 5.97 Å². The number of ether oxygens (including phenoxy) is 1. The van der Waals surface area contributed by atoms with Crippen molar-refractivity contribution in [3.8, 4) is 5.75 Å². The van der Waals surface area contributed by atoms with Crippen LogP contribution in [0, 0.1) is 0 Å². The van der Waals surface area contributed by atoms with E-state index in [4.69, 9.17) is 5.11 Å². The van der Waals surface area contributed by atoms with Crippen LogP contribution in [0.15, 0.2) is 12.3 Å². The highest BCUT2D eigenvalue weighted by Gasteiger charge is 2.33. The van der Waals surface area contributed by atoms with Crippen molar-refractivity contribution in [3.05, 3.63) is 23.5 Å². The summed E-state index contributed by atoms with van der Waals surface area (Å²) in [5, 5.41) is 8.51. The SMILES string of the molecule is COc1cc(C(F)(F)F)ncc1CC(=O)O. The van der Waals surface area contributed by atoms with Gasteiger partial charge in [0.15, 0.2) is 0 Å². The Kier molecular flexibility index (Phi) is 3.36. The molecule has 1 aromatic rings. The lowest BCUT2D eigenvalue weighted by Crippen LogP contribution is -2.10. The van der Waals surface area contributed by atoms with E-state index >= 15 is 0 Å². The highest BCUT2D eigenvalue weighted by molar-refractivity contribution is 5.71. The van der Waals surface area contributed by atoms with Crippen molar-refractivity contribution in [1.29, 1.82) is 0 Å². The maximum Gasteiger partial charge on any atom is 0.433 e. The van der Waals surface area contributed by atoms with E-state index in [1.54, 1.807) is 0 Å². The summed E-state index contributed by atoms with van der Waals surface area (Å²) in [5.41, 5.74) is -1.01. The van der Waals surface area contributed by atoms with Gasteiger partial charge in [0, 0.05) is 17.8 Å². The van der Waals surface area contributed by atoms with Crippen molar-refractivity contribution in [1.82, 2.24) is 4.98 Å². The Morgan fingerprint density at radius 3 is 2.62 bits per heavy atom. The lowest BCUT2D eigenvalue weighted by molar-refractivity contribution is -0.141. The van der Waals surface area contributed by atoms with Crippen LogP contribution in [0.25, 0.3) is 0 Å². The molecule has 7 heteroatoms. The maximum absolute atomic E-state index is 12.3. The zero-order chi connectivity index (χ0) is 12.3. The van der Waals surface area contributed by atoms with E-state index < -0.39 is 24.3 Å². The van der Waals surface area contributed by atoms with Crippen LogP contribution in [0.1, 0.15) is 11.3 Å². The molecule has 1 heterocycles. The fourth-order valence-corrected chi connectivity index (χ4v) is 1.11. The molecule has 0 spiro atoms. The molecule has 0 atom stereocenters. The number of nitrogens with zero attached hydrogens (tertiary/aromatic N) is 1. The third kappa shape index (κ3) is 2.85. The third-order valence-corrected chi connectivity index (χ3v) is 1.80. The molecule has 0 saturated carbocycles. The topological polar surface area (TPSA) is 59.4 Å². The first kappa shape index (κ1) is 12.3. The standard InChI is InChI=1S/C9H8F3NO3/c1-16-6-3-7(9(10,11)12)13-4-5(6)2-8(14)15/h3-4H,2H2,1H3,(H,14,15). The van der Waals surface area contributed by atoms with Crippen molar-refractivity contribution in [2.24, 2.45) is 0 Å². The number of hydrogen-bond acceptors (Lipinski definition) is 3. The molecule has 0 aliphatic carbocycles. The predicted molar refractivity (Wildman–Crippen MR) is 47.1 cm³/mol. The first-order chi connectivity index (χ1) is 7.34. The summed E-state index contributed by atoms with van der Waals surface area (Å²) in [6.07, 6.45) is -4.15. The number of alkyl halides is 3. The lowest BCUT2D eigenvalue weighted by atomic mass is 10.1. The molecule has 0 aromatic carbocycles. The molecule has 0 aliphatic rings. The molecular weight excluding hydrogens is 227 g/mol. The van der Waals surface area contributed by atoms with Gasteiger partial charge in [0.1, 0.15) is 11.4 Å². The summed E-state index contributed by atoms with van der Waals surface area (Å²) in [6.45, 7) is 0. The maximum atomic E-state index is 12.3. The predicted octanol–water partition coefficient (Wildman–Crippen LogP) is 1.74. The summed E-state index contributed by atoms with van der Waals surface area (Å²) in [6, 6.07) is 0.679. The van der Waals surface area contributed by atoms with E-state index in [1.807, 2.05) is 0 Å². The highest BCUT2D eigenvalue weighted by atomic mass is 19.4. The zero-order valence-electron chi connectivity index (χ0n) is 8.21. The molecule has 0 fully saturated rings. The number of halogens is 3. The number of hydrogen-bond donors (Lipinski definition) is 1. The second-order valence-corrected chi connectivity index (χ2v) is 2.95. The van der Waals surface area contributed by atoms with Gasteiger partial charge in [0.25, 0.3) is 0 Å². The van der Waals surface area contributed by atoms with Gasteiger partial charge in [0.05, 0.1) is 13.5 Å². The molecule has 0 saturated heterocycles. The number of carboxylic acid groups (broad SMARTS) is 1. The molecule has 1 rings (SSSR count). The van der Waals surface area contributed by atoms with Gasteiger partial charge in [0.2, 0.25) is 0 Å². The minimum absolute atomic E-state index is 0.100. The van der Waals surface area contributed by atoms with Crippen LogP contribution in [0.3, 0.4) is 0 Å². The molecule has 1 N–H and O–H groups in total. The number of carboxylic acids is 1. The van der Waals surface area contributed by atoms with Gasteiger partial charge in [-0.2, -0.15) is 13.2 Å². The molecule has 0 aliphatic heterocycles. The Hall–Kier alpha value is -1.79. The monoisotopic (exact) mass is 235 g/mol. The van der Waals surface area contributed by atoms with Crippen LogP contribution < -0.4 is 4.74 Å². The van der Waals surface area contributed by atoms with E-state index in [1.165, 1.54) is 7.11 Å². The van der Waals surface area contributed by atoms with E-state index in [2.05, 4.69) is 9.72 Å². The van der Waals surface area contributed by atoms with Gasteiger partial charge in [-0.25, -0.2) is 0 Å². The molecule has 0 amide bonds. The summed E-state index contributed by atoms with van der Waals surface area (Å²) in [5.74, 6) is -1.30. The van der Waals surface area contributed by atoms with E-state index in [0.717, 1.165) is 6.20 Å². The number of methoxy groups -OCH3 is 1. The molecule has 0 bridgehead atoms. The fourth-order valence-electron chi connectivity index (χ4n) is 1.11. The molecule has 4 nitrogen and oxygen atoms in total. The molecule has 0 unspecified atom stereocenters. The Morgan fingerprint density at radius 2 is 2.19 bits per heavy atom. The van der Waals surface area contributed by atoms with Crippen molar-refractivity contribution < 1.29 is 27.8 Å². The van der Waals surface area contributed by atoms with Gasteiger partial charge in [-0.3, -0.25) is 9.78 Å². The van der Waals surface area contributed by atoms with E-state index in [0.29, 0.717) is 6.07 Å². The average Bonchev–Trinajstić information content (AvgIpc) is 2.15. The van der Waals surface area contributed by atoms with Gasteiger partial charge in [-0.05, 0) is 0 Å². The number of carbonyl (C=O) groups is 1. The number of rotatable bonds is 3. The number of pyridine rings is 1. The minimum Gasteiger partial charge on any atom is -0.496 e. The minimum atomic E-state index is -4.57. The van der Waals surface area contributed by atoms with Crippen molar-refractivity contribution in [2.45, 2.75) is 12.6 Å². The van der Waals surface area contributed by atoms with Crippen molar-refractivity contribution in [3.63, 3.8) is 0 Å². The lowest BCUT2D eigenvalue weighted by Gasteiger charge is -2.10. The Bertz CT molecular complexity index is 403. The second kappa shape index (κ2) is 4.38. The quantitative estimate of drug-likeness (QED) is 0.866. The molecule has 88 valence electrons. The Balaban J connectivity index is 3.11. The Labute approximate surface area is 88.7 Å². The molecule has 1 aromatic heterocycles. The van der Waals surface area contributed by atoms with E-state index in [-0.39, 0.29) is 11.3 Å². The van der Waals surface area contributed by atoms with Crippen LogP contribution in [-0.4, -0.2) is 23.2 Å². The number of aliphatic carboxylic acids is 1. The van der Waals surface area contributed by atoms with Crippen LogP contribution in [-0.2, 0) is 17.4 Å². The summed E-state index contributed by atoms with van der Waals surface area (Å²) >= 11 is 0. The number of aromatic nitrogens is 1. The molecular formula is C9H8F3NO3. The van der Waals surface area contributed by atoms with Gasteiger partial charge in [-0.1, -0.05) is 0 Å². The molecule has 0 radical (unpaired) electrons. The largest absolute Gasteiger partial charge is 0.496 e. The fraction of sp³-hybridized carbons (Fsp3) is 0.333.